The molecule has 0 aromatic rings. The van der Waals surface area contributed by atoms with E-state index in [9.17, 15) is 19.4 Å². The SMILES string of the molecule is CCCCCC/C=C/CCCCCCCCCC(=O)O[C@H](CO[C@@]1(CCCCCCCCCCCCCCC)CO1)COP(=O)(O)OC[C@@H](O)CO. The average molecular weight is 763 g/mol. The number of esters is 1. The van der Waals surface area contributed by atoms with Crippen LogP contribution < -0.4 is 0 Å². The lowest BCUT2D eigenvalue weighted by Gasteiger charge is -2.22. The molecule has 1 unspecified atom stereocenters. The zero-order valence-corrected chi connectivity index (χ0v) is 34.2. The Morgan fingerprint density at radius 3 is 1.63 bits per heavy atom. The van der Waals surface area contributed by atoms with Crippen molar-refractivity contribution in [3.63, 3.8) is 0 Å². The summed E-state index contributed by atoms with van der Waals surface area (Å²) >= 11 is 0. The van der Waals surface area contributed by atoms with E-state index in [0.29, 0.717) is 13.0 Å². The Hall–Kier alpha value is -0.840. The fraction of sp³-hybridized carbons (Fsp3) is 0.927. The Labute approximate surface area is 317 Å². The van der Waals surface area contributed by atoms with Gasteiger partial charge in [0.05, 0.1) is 26.4 Å². The fourth-order valence-corrected chi connectivity index (χ4v) is 6.98. The van der Waals surface area contributed by atoms with Crippen LogP contribution in [0.4, 0.5) is 0 Å². The summed E-state index contributed by atoms with van der Waals surface area (Å²) in [4.78, 5) is 22.8. The van der Waals surface area contributed by atoms with Gasteiger partial charge in [-0.05, 0) is 38.5 Å². The zero-order chi connectivity index (χ0) is 38.0. The summed E-state index contributed by atoms with van der Waals surface area (Å²) in [6, 6.07) is 0. The standard InChI is InChI=1S/C41H79O10P/c1-3-5-7-9-11-13-15-17-18-19-21-23-25-27-29-31-40(44)51-39(36-50-52(45,46)49-34-38(43)33-42)35-47-41(37-48-41)32-30-28-26-24-22-20-16-14-12-10-8-6-4-2/h13,15,38-39,42-43H,3-12,14,16-37H2,1-2H3,(H,45,46)/b15-13+/t38-,39+,41+/m0/s1. The third-order valence-electron chi connectivity index (χ3n) is 9.67. The second-order valence-electron chi connectivity index (χ2n) is 14.8. The number of ether oxygens (including phenoxy) is 3. The highest BCUT2D eigenvalue weighted by molar-refractivity contribution is 7.47. The molecule has 0 aromatic carbocycles. The summed E-state index contributed by atoms with van der Waals surface area (Å²) in [5.74, 6) is -1.12. The molecule has 1 aliphatic heterocycles. The number of hydrogen-bond acceptors (Lipinski definition) is 9. The molecular formula is C41H79O10P. The minimum absolute atomic E-state index is 0.0442. The predicted octanol–water partition coefficient (Wildman–Crippen LogP) is 10.6. The second-order valence-corrected chi connectivity index (χ2v) is 16.3. The van der Waals surface area contributed by atoms with Gasteiger partial charge in [0.15, 0.2) is 5.79 Å². The molecule has 0 aromatic heterocycles. The first-order chi connectivity index (χ1) is 25.3. The summed E-state index contributed by atoms with van der Waals surface area (Å²) < 4.78 is 39.5. The van der Waals surface area contributed by atoms with E-state index in [1.807, 2.05) is 0 Å². The van der Waals surface area contributed by atoms with Crippen LogP contribution in [0.15, 0.2) is 12.2 Å². The number of rotatable bonds is 40. The molecule has 0 amide bonds. The zero-order valence-electron chi connectivity index (χ0n) is 33.3. The molecule has 3 N–H and O–H groups in total. The van der Waals surface area contributed by atoms with Crippen LogP contribution in [0.3, 0.4) is 0 Å². The van der Waals surface area contributed by atoms with Crippen molar-refractivity contribution in [3.8, 4) is 0 Å². The topological polar surface area (TPSA) is 144 Å². The van der Waals surface area contributed by atoms with Gasteiger partial charge in [-0.2, -0.15) is 0 Å². The monoisotopic (exact) mass is 763 g/mol. The van der Waals surface area contributed by atoms with Crippen molar-refractivity contribution in [2.24, 2.45) is 0 Å². The number of carbonyl (C=O) groups excluding carboxylic acids is 1. The van der Waals surface area contributed by atoms with Crippen LogP contribution in [0.1, 0.15) is 194 Å². The van der Waals surface area contributed by atoms with E-state index in [2.05, 4.69) is 26.0 Å². The van der Waals surface area contributed by atoms with Gasteiger partial charge < -0.3 is 29.3 Å². The smallest absolute Gasteiger partial charge is 0.457 e. The highest BCUT2D eigenvalue weighted by Crippen LogP contribution is 2.43. The number of phosphoric ester groups is 1. The largest absolute Gasteiger partial charge is 0.472 e. The van der Waals surface area contributed by atoms with Crippen LogP contribution in [0, 0.1) is 0 Å². The number of epoxide rings is 1. The van der Waals surface area contributed by atoms with Gasteiger partial charge in [0.2, 0.25) is 0 Å². The van der Waals surface area contributed by atoms with E-state index in [0.717, 1.165) is 44.9 Å². The Kier molecular flexibility index (Phi) is 31.7. The Balaban J connectivity index is 2.31. The summed E-state index contributed by atoms with van der Waals surface area (Å²) in [6.45, 7) is 3.30. The van der Waals surface area contributed by atoms with Crippen LogP contribution in [-0.4, -0.2) is 72.1 Å². The van der Waals surface area contributed by atoms with E-state index in [4.69, 9.17) is 28.4 Å². The molecule has 0 bridgehead atoms. The predicted molar refractivity (Wildman–Crippen MR) is 209 cm³/mol. The first-order valence-corrected chi connectivity index (χ1v) is 22.8. The molecule has 10 nitrogen and oxygen atoms in total. The van der Waals surface area contributed by atoms with Gasteiger partial charge in [0, 0.05) is 12.8 Å². The number of carbonyl (C=O) groups is 1. The second kappa shape index (κ2) is 33.5. The van der Waals surface area contributed by atoms with Crippen molar-refractivity contribution in [2.45, 2.75) is 212 Å². The quantitative estimate of drug-likeness (QED) is 0.0181. The Bertz CT molecular complexity index is 897. The van der Waals surface area contributed by atoms with Crippen molar-refractivity contribution >= 4 is 13.8 Å². The van der Waals surface area contributed by atoms with E-state index >= 15 is 0 Å². The molecule has 308 valence electrons. The highest BCUT2D eigenvalue weighted by Gasteiger charge is 2.46. The molecule has 1 saturated heterocycles. The minimum Gasteiger partial charge on any atom is -0.457 e. The third kappa shape index (κ3) is 30.5. The first kappa shape index (κ1) is 49.2. The molecule has 1 heterocycles. The van der Waals surface area contributed by atoms with Crippen LogP contribution >= 0.6 is 7.82 Å². The van der Waals surface area contributed by atoms with Gasteiger partial charge >= 0.3 is 13.8 Å². The normalized spacial score (nSPS) is 18.1. The maximum atomic E-state index is 12.7. The number of unbranched alkanes of at least 4 members (excludes halogenated alkanes) is 23. The highest BCUT2D eigenvalue weighted by atomic mass is 31.2. The van der Waals surface area contributed by atoms with Crippen LogP contribution in [0.5, 0.6) is 0 Å². The van der Waals surface area contributed by atoms with E-state index < -0.39 is 51.6 Å². The molecule has 52 heavy (non-hydrogen) atoms. The van der Waals surface area contributed by atoms with Crippen LogP contribution in [0.2, 0.25) is 0 Å². The lowest BCUT2D eigenvalue weighted by molar-refractivity contribution is -0.160. The van der Waals surface area contributed by atoms with Gasteiger partial charge in [0.25, 0.3) is 0 Å². The summed E-state index contributed by atoms with van der Waals surface area (Å²) in [7, 11) is -4.56. The third-order valence-corrected chi connectivity index (χ3v) is 10.6. The maximum absolute atomic E-state index is 12.7. The van der Waals surface area contributed by atoms with E-state index in [1.165, 1.54) is 122 Å². The molecule has 1 fully saturated rings. The molecular weight excluding hydrogens is 683 g/mol. The Morgan fingerprint density at radius 2 is 1.13 bits per heavy atom. The van der Waals surface area contributed by atoms with Crippen molar-refractivity contribution in [1.82, 2.24) is 0 Å². The Morgan fingerprint density at radius 1 is 0.692 bits per heavy atom. The van der Waals surface area contributed by atoms with Gasteiger partial charge in [-0.3, -0.25) is 13.8 Å². The van der Waals surface area contributed by atoms with E-state index in [1.54, 1.807) is 0 Å². The summed E-state index contributed by atoms with van der Waals surface area (Å²) in [5, 5.41) is 18.4. The van der Waals surface area contributed by atoms with Crippen molar-refractivity contribution in [1.29, 1.82) is 0 Å². The van der Waals surface area contributed by atoms with Gasteiger partial charge in [0.1, 0.15) is 18.8 Å². The maximum Gasteiger partial charge on any atom is 0.472 e. The molecule has 0 aliphatic carbocycles. The number of allylic oxidation sites excluding steroid dienone is 2. The summed E-state index contributed by atoms with van der Waals surface area (Å²) in [6.07, 6.45) is 35.1. The fourth-order valence-electron chi connectivity index (χ4n) is 6.19. The van der Waals surface area contributed by atoms with Crippen molar-refractivity contribution in [3.05, 3.63) is 12.2 Å². The lowest BCUT2D eigenvalue weighted by Crippen LogP contribution is -2.32. The number of aliphatic hydroxyl groups is 2. The average Bonchev–Trinajstić information content (AvgIpc) is 3.91. The van der Waals surface area contributed by atoms with Gasteiger partial charge in [-0.15, -0.1) is 0 Å². The number of aliphatic hydroxyl groups excluding tert-OH is 2. The number of phosphoric acid groups is 1. The molecule has 1 rings (SSSR count). The lowest BCUT2D eigenvalue weighted by atomic mass is 10.0. The minimum atomic E-state index is -4.56. The van der Waals surface area contributed by atoms with Crippen molar-refractivity contribution in [2.75, 3.05) is 33.0 Å². The number of hydrogen-bond donors (Lipinski definition) is 3. The molecule has 11 heteroatoms. The van der Waals surface area contributed by atoms with Crippen LogP contribution in [-0.2, 0) is 32.6 Å². The molecule has 0 saturated carbocycles. The van der Waals surface area contributed by atoms with Crippen LogP contribution in [0.25, 0.3) is 0 Å². The first-order valence-electron chi connectivity index (χ1n) is 21.3. The molecule has 4 atom stereocenters. The van der Waals surface area contributed by atoms with Crippen molar-refractivity contribution < 1.29 is 47.7 Å². The molecule has 0 radical (unpaired) electrons. The summed E-state index contributed by atoms with van der Waals surface area (Å²) in [5.41, 5.74) is 0. The van der Waals surface area contributed by atoms with Gasteiger partial charge in [-0.25, -0.2) is 4.57 Å². The van der Waals surface area contributed by atoms with E-state index in [-0.39, 0.29) is 13.0 Å². The van der Waals surface area contributed by atoms with Gasteiger partial charge in [-0.1, -0.05) is 154 Å². The molecule has 1 aliphatic rings. The molecule has 0 spiro atoms.